The van der Waals surface area contributed by atoms with Crippen LogP contribution in [0.2, 0.25) is 0 Å². The van der Waals surface area contributed by atoms with E-state index >= 15 is 0 Å². The molecular formula is C20H26N4O3. The highest BCUT2D eigenvalue weighted by Crippen LogP contribution is 2.28. The predicted molar refractivity (Wildman–Crippen MR) is 103 cm³/mol. The Balaban J connectivity index is 1.34. The van der Waals surface area contributed by atoms with E-state index in [1.54, 1.807) is 0 Å². The topological polar surface area (TPSA) is 79.7 Å². The van der Waals surface area contributed by atoms with Gasteiger partial charge in [-0.25, -0.2) is 4.98 Å². The number of aliphatic hydroxyl groups excluding tert-OH is 1. The third kappa shape index (κ3) is 4.67. The van der Waals surface area contributed by atoms with Crippen molar-refractivity contribution < 1.29 is 14.6 Å². The van der Waals surface area contributed by atoms with Crippen molar-refractivity contribution in [2.24, 2.45) is 0 Å². The van der Waals surface area contributed by atoms with E-state index in [1.165, 1.54) is 0 Å². The van der Waals surface area contributed by atoms with E-state index in [2.05, 4.69) is 10.3 Å². The van der Waals surface area contributed by atoms with E-state index < -0.39 is 0 Å². The monoisotopic (exact) mass is 370 g/mol. The van der Waals surface area contributed by atoms with Crippen LogP contribution in [-0.2, 0) is 4.74 Å². The number of anilines is 2. The zero-order chi connectivity index (χ0) is 18.5. The second-order valence-corrected chi connectivity index (χ2v) is 7.04. The smallest absolute Gasteiger partial charge is 0.227 e. The number of aromatic nitrogens is 2. The SMILES string of the molecule is OC1CN(c2nc(NCCCOc3ccccc3)cc([C@H]3CCOC3)n2)C1. The predicted octanol–water partition coefficient (Wildman–Crippen LogP) is 2.04. The van der Waals surface area contributed by atoms with Gasteiger partial charge in [-0.1, -0.05) is 18.2 Å². The lowest BCUT2D eigenvalue weighted by atomic mass is 10.0. The van der Waals surface area contributed by atoms with Gasteiger partial charge in [0.15, 0.2) is 0 Å². The van der Waals surface area contributed by atoms with Crippen LogP contribution in [0.3, 0.4) is 0 Å². The summed E-state index contributed by atoms with van der Waals surface area (Å²) in [5, 5.41) is 13.0. The molecule has 0 amide bonds. The van der Waals surface area contributed by atoms with Crippen molar-refractivity contribution in [3.8, 4) is 5.75 Å². The van der Waals surface area contributed by atoms with Crippen LogP contribution in [-0.4, -0.2) is 60.6 Å². The molecule has 2 aliphatic heterocycles. The van der Waals surface area contributed by atoms with Gasteiger partial charge >= 0.3 is 0 Å². The zero-order valence-corrected chi connectivity index (χ0v) is 15.4. The maximum Gasteiger partial charge on any atom is 0.227 e. The molecule has 0 saturated carbocycles. The molecule has 1 aromatic carbocycles. The molecule has 2 aromatic rings. The summed E-state index contributed by atoms with van der Waals surface area (Å²) < 4.78 is 11.2. The maximum atomic E-state index is 9.58. The average Bonchev–Trinajstić information content (AvgIpc) is 3.21. The molecule has 1 aromatic heterocycles. The van der Waals surface area contributed by atoms with Gasteiger partial charge in [-0.2, -0.15) is 4.98 Å². The van der Waals surface area contributed by atoms with Crippen LogP contribution in [0.1, 0.15) is 24.5 Å². The third-order valence-corrected chi connectivity index (χ3v) is 4.87. The molecule has 7 heteroatoms. The van der Waals surface area contributed by atoms with Crippen LogP contribution in [0.25, 0.3) is 0 Å². The Morgan fingerprint density at radius 3 is 2.81 bits per heavy atom. The minimum atomic E-state index is -0.279. The van der Waals surface area contributed by atoms with Gasteiger partial charge in [-0.05, 0) is 25.0 Å². The van der Waals surface area contributed by atoms with Gasteiger partial charge in [0.1, 0.15) is 11.6 Å². The zero-order valence-electron chi connectivity index (χ0n) is 15.4. The Kier molecular flexibility index (Phi) is 5.69. The minimum absolute atomic E-state index is 0.279. The molecule has 0 aliphatic carbocycles. The molecule has 2 aliphatic rings. The fourth-order valence-electron chi connectivity index (χ4n) is 3.28. The van der Waals surface area contributed by atoms with Crippen LogP contribution < -0.4 is 15.0 Å². The molecule has 1 atom stereocenters. The summed E-state index contributed by atoms with van der Waals surface area (Å²) in [6.07, 6.45) is 1.58. The van der Waals surface area contributed by atoms with Crippen molar-refractivity contribution in [3.63, 3.8) is 0 Å². The molecule has 3 heterocycles. The standard InChI is InChI=1S/C20H26N4O3/c25-16-12-24(13-16)20-22-18(15-7-10-26-14-15)11-19(23-20)21-8-4-9-27-17-5-2-1-3-6-17/h1-3,5-6,11,15-16,25H,4,7-10,12-14H2,(H,21,22,23)/t15-/m0/s1. The summed E-state index contributed by atoms with van der Waals surface area (Å²) in [6.45, 7) is 4.10. The lowest BCUT2D eigenvalue weighted by molar-refractivity contribution is 0.140. The number of β-amino-alcohol motifs (C(OH)–C–C–N with tert-alkyl or cyclic N) is 1. The van der Waals surface area contributed by atoms with E-state index in [-0.39, 0.29) is 6.10 Å². The Hall–Kier alpha value is -2.38. The van der Waals surface area contributed by atoms with Crippen LogP contribution in [0.15, 0.2) is 36.4 Å². The van der Waals surface area contributed by atoms with Gasteiger partial charge in [-0.15, -0.1) is 0 Å². The Labute approximate surface area is 159 Å². The van der Waals surface area contributed by atoms with Crippen molar-refractivity contribution >= 4 is 11.8 Å². The van der Waals surface area contributed by atoms with Gasteiger partial charge in [0.05, 0.1) is 25.0 Å². The Bertz CT molecular complexity index is 731. The molecule has 144 valence electrons. The molecule has 0 radical (unpaired) electrons. The summed E-state index contributed by atoms with van der Waals surface area (Å²) in [4.78, 5) is 11.4. The summed E-state index contributed by atoms with van der Waals surface area (Å²) in [5.41, 5.74) is 1.02. The highest BCUT2D eigenvalue weighted by atomic mass is 16.5. The molecule has 0 unspecified atom stereocenters. The quantitative estimate of drug-likeness (QED) is 0.689. The second kappa shape index (κ2) is 8.54. The van der Waals surface area contributed by atoms with E-state index in [0.29, 0.717) is 38.2 Å². The summed E-state index contributed by atoms with van der Waals surface area (Å²) in [7, 11) is 0. The minimum Gasteiger partial charge on any atom is -0.494 e. The molecular weight excluding hydrogens is 344 g/mol. The summed E-state index contributed by atoms with van der Waals surface area (Å²) >= 11 is 0. The Morgan fingerprint density at radius 2 is 2.07 bits per heavy atom. The number of aliphatic hydroxyl groups is 1. The molecule has 2 fully saturated rings. The summed E-state index contributed by atoms with van der Waals surface area (Å²) in [5.74, 6) is 2.72. The lowest BCUT2D eigenvalue weighted by Gasteiger charge is -2.36. The Morgan fingerprint density at radius 1 is 1.22 bits per heavy atom. The first-order valence-corrected chi connectivity index (χ1v) is 9.59. The van der Waals surface area contributed by atoms with Gasteiger partial charge in [0.25, 0.3) is 0 Å². The largest absolute Gasteiger partial charge is 0.494 e. The molecule has 0 bridgehead atoms. The van der Waals surface area contributed by atoms with Crippen LogP contribution >= 0.6 is 0 Å². The van der Waals surface area contributed by atoms with E-state index in [9.17, 15) is 5.11 Å². The van der Waals surface area contributed by atoms with E-state index in [0.717, 1.165) is 43.3 Å². The van der Waals surface area contributed by atoms with Gasteiger partial charge in [-0.3, -0.25) is 0 Å². The number of para-hydroxylation sites is 1. The van der Waals surface area contributed by atoms with E-state index in [4.69, 9.17) is 14.5 Å². The summed E-state index contributed by atoms with van der Waals surface area (Å²) in [6, 6.07) is 11.9. The number of hydrogen-bond acceptors (Lipinski definition) is 7. The van der Waals surface area contributed by atoms with Crippen molar-refractivity contribution in [1.29, 1.82) is 0 Å². The normalized spacial score (nSPS) is 19.7. The van der Waals surface area contributed by atoms with Crippen molar-refractivity contribution in [2.45, 2.75) is 24.9 Å². The number of rotatable bonds is 8. The molecule has 7 nitrogen and oxygen atoms in total. The van der Waals surface area contributed by atoms with Crippen molar-refractivity contribution in [1.82, 2.24) is 9.97 Å². The number of nitrogens with zero attached hydrogens (tertiary/aromatic N) is 3. The first-order valence-electron chi connectivity index (χ1n) is 9.59. The van der Waals surface area contributed by atoms with Crippen LogP contribution in [0.4, 0.5) is 11.8 Å². The number of ether oxygens (including phenoxy) is 2. The van der Waals surface area contributed by atoms with Gasteiger partial charge < -0.3 is 24.8 Å². The maximum absolute atomic E-state index is 9.58. The molecule has 2 saturated heterocycles. The van der Waals surface area contributed by atoms with Crippen molar-refractivity contribution in [2.75, 3.05) is 49.7 Å². The molecule has 27 heavy (non-hydrogen) atoms. The lowest BCUT2D eigenvalue weighted by Crippen LogP contribution is -2.51. The number of hydrogen-bond donors (Lipinski definition) is 2. The van der Waals surface area contributed by atoms with Crippen LogP contribution in [0.5, 0.6) is 5.75 Å². The second-order valence-electron chi connectivity index (χ2n) is 7.04. The molecule has 4 rings (SSSR count). The van der Waals surface area contributed by atoms with Gasteiger partial charge in [0, 0.05) is 38.2 Å². The number of benzene rings is 1. The third-order valence-electron chi connectivity index (χ3n) is 4.87. The van der Waals surface area contributed by atoms with E-state index in [1.807, 2.05) is 41.3 Å². The average molecular weight is 370 g/mol. The van der Waals surface area contributed by atoms with Crippen molar-refractivity contribution in [3.05, 3.63) is 42.1 Å². The highest BCUT2D eigenvalue weighted by molar-refractivity contribution is 5.46. The first-order chi connectivity index (χ1) is 13.3. The van der Waals surface area contributed by atoms with Gasteiger partial charge in [0.2, 0.25) is 5.95 Å². The highest BCUT2D eigenvalue weighted by Gasteiger charge is 2.28. The first kappa shape index (κ1) is 18.0. The molecule has 0 spiro atoms. The fraction of sp³-hybridized carbons (Fsp3) is 0.500. The number of nitrogens with one attached hydrogen (secondary N) is 1. The van der Waals surface area contributed by atoms with Crippen LogP contribution in [0, 0.1) is 0 Å². The fourth-order valence-corrected chi connectivity index (χ4v) is 3.28. The molecule has 2 N–H and O–H groups in total.